The van der Waals surface area contributed by atoms with Gasteiger partial charge in [-0.1, -0.05) is 29.5 Å². The van der Waals surface area contributed by atoms with Gasteiger partial charge in [0.2, 0.25) is 0 Å². The molecule has 0 aliphatic rings. The van der Waals surface area contributed by atoms with Crippen LogP contribution in [0.5, 0.6) is 5.75 Å². The number of para-hydroxylation sites is 2. The van der Waals surface area contributed by atoms with E-state index in [2.05, 4.69) is 31.1 Å². The Morgan fingerprint density at radius 2 is 1.89 bits per heavy atom. The maximum atomic E-state index is 12.4. The van der Waals surface area contributed by atoms with Crippen LogP contribution >= 0.6 is 0 Å². The van der Waals surface area contributed by atoms with Crippen molar-refractivity contribution in [3.63, 3.8) is 0 Å². The molecule has 1 amide bonds. The molecule has 140 valence electrons. The molecular formula is C18H16N8O2. The van der Waals surface area contributed by atoms with Crippen molar-refractivity contribution in [1.29, 1.82) is 0 Å². The van der Waals surface area contributed by atoms with Crippen LogP contribution in [0.2, 0.25) is 0 Å². The molecule has 28 heavy (non-hydrogen) atoms. The quantitative estimate of drug-likeness (QED) is 0.447. The number of carbonyl (C=O) groups excluding carboxylic acids is 1. The Morgan fingerprint density at radius 3 is 2.75 bits per heavy atom. The Hall–Kier alpha value is -4.21. The number of benzene rings is 2. The van der Waals surface area contributed by atoms with Gasteiger partial charge in [0, 0.05) is 0 Å². The summed E-state index contributed by atoms with van der Waals surface area (Å²) in [7, 11) is 1.50. The van der Waals surface area contributed by atoms with E-state index < -0.39 is 5.91 Å². The fraction of sp³-hybridized carbons (Fsp3) is 0.0556. The van der Waals surface area contributed by atoms with Gasteiger partial charge in [-0.3, -0.25) is 15.6 Å². The molecule has 4 aromatic rings. The summed E-state index contributed by atoms with van der Waals surface area (Å²) in [6, 6.07) is 14.3. The zero-order valence-electron chi connectivity index (χ0n) is 14.8. The first-order valence-electron chi connectivity index (χ1n) is 8.29. The van der Waals surface area contributed by atoms with Crippen molar-refractivity contribution in [2.24, 2.45) is 0 Å². The van der Waals surface area contributed by atoms with Crippen molar-refractivity contribution < 1.29 is 9.53 Å². The summed E-state index contributed by atoms with van der Waals surface area (Å²) >= 11 is 0. The minimum absolute atomic E-state index is 0.207. The molecule has 10 heteroatoms. The summed E-state index contributed by atoms with van der Waals surface area (Å²) in [5.74, 6) is 0.626. The third-order valence-electron chi connectivity index (χ3n) is 4.06. The van der Waals surface area contributed by atoms with Gasteiger partial charge in [-0.25, -0.2) is 9.97 Å². The number of rotatable bonds is 5. The zero-order chi connectivity index (χ0) is 19.5. The third kappa shape index (κ3) is 3.03. The second kappa shape index (κ2) is 7.19. The highest BCUT2D eigenvalue weighted by Crippen LogP contribution is 2.23. The Morgan fingerprint density at radius 1 is 1.11 bits per heavy atom. The molecule has 0 saturated carbocycles. The molecule has 4 rings (SSSR count). The summed E-state index contributed by atoms with van der Waals surface area (Å²) in [5.41, 5.74) is 13.5. The number of nitrogens with one attached hydrogen (secondary N) is 2. The number of anilines is 2. The fourth-order valence-corrected chi connectivity index (χ4v) is 2.70. The number of hydrogen-bond donors (Lipinski definition) is 3. The number of fused-ring (bicyclic) bond motifs is 1. The van der Waals surface area contributed by atoms with Crippen LogP contribution in [0.15, 0.2) is 54.9 Å². The first-order chi connectivity index (χ1) is 13.7. The number of hydrazine groups is 1. The summed E-state index contributed by atoms with van der Waals surface area (Å²) in [5, 5.41) is 8.19. The van der Waals surface area contributed by atoms with Crippen LogP contribution < -0.4 is 21.3 Å². The van der Waals surface area contributed by atoms with E-state index in [4.69, 9.17) is 10.5 Å². The normalized spacial score (nSPS) is 10.6. The summed E-state index contributed by atoms with van der Waals surface area (Å²) in [6.07, 6.45) is 1.32. The summed E-state index contributed by atoms with van der Waals surface area (Å²) in [4.78, 5) is 20.7. The maximum absolute atomic E-state index is 12.4. The second-order valence-electron chi connectivity index (χ2n) is 5.73. The van der Waals surface area contributed by atoms with E-state index >= 15 is 0 Å². The van der Waals surface area contributed by atoms with E-state index in [1.165, 1.54) is 18.1 Å². The Kier molecular flexibility index (Phi) is 4.42. The smallest absolute Gasteiger partial charge is 0.273 e. The third-order valence-corrected chi connectivity index (χ3v) is 4.06. The standard InChI is InChI=1S/C18H16N8O2/c1-28-14-9-5-2-6-11(14)18(27)24-23-16-15(19)17(21-10-20-16)26-13-8-4-3-7-12(13)22-25-26/h2-10H,19H2,1H3,(H,24,27)(H,20,21,23). The SMILES string of the molecule is COc1ccccc1C(=O)NNc1ncnc(-n2nnc3ccccc32)c1N. The molecule has 0 saturated heterocycles. The first-order valence-corrected chi connectivity index (χ1v) is 8.29. The topological polar surface area (TPSA) is 133 Å². The van der Waals surface area contributed by atoms with Crippen molar-refractivity contribution in [1.82, 2.24) is 30.4 Å². The molecule has 0 fully saturated rings. The molecule has 4 N–H and O–H groups in total. The van der Waals surface area contributed by atoms with Crippen molar-refractivity contribution >= 4 is 28.4 Å². The molecule has 0 spiro atoms. The number of ether oxygens (including phenoxy) is 1. The molecule has 0 radical (unpaired) electrons. The maximum Gasteiger partial charge on any atom is 0.273 e. The number of aromatic nitrogens is 5. The average Bonchev–Trinajstić information content (AvgIpc) is 3.16. The molecule has 0 atom stereocenters. The molecule has 2 aromatic heterocycles. The van der Waals surface area contributed by atoms with E-state index in [0.29, 0.717) is 22.6 Å². The van der Waals surface area contributed by atoms with Gasteiger partial charge in [-0.05, 0) is 24.3 Å². The van der Waals surface area contributed by atoms with Crippen LogP contribution in [-0.4, -0.2) is 38.0 Å². The van der Waals surface area contributed by atoms with E-state index in [-0.39, 0.29) is 11.5 Å². The van der Waals surface area contributed by atoms with Crippen LogP contribution in [0, 0.1) is 0 Å². The zero-order valence-corrected chi connectivity index (χ0v) is 14.8. The van der Waals surface area contributed by atoms with E-state index in [9.17, 15) is 4.79 Å². The van der Waals surface area contributed by atoms with Gasteiger partial charge in [0.05, 0.1) is 18.2 Å². The van der Waals surface area contributed by atoms with Crippen LogP contribution in [0.3, 0.4) is 0 Å². The van der Waals surface area contributed by atoms with Crippen LogP contribution in [0.25, 0.3) is 16.9 Å². The average molecular weight is 376 g/mol. The second-order valence-corrected chi connectivity index (χ2v) is 5.73. The molecule has 0 aliphatic heterocycles. The minimum Gasteiger partial charge on any atom is -0.496 e. The van der Waals surface area contributed by atoms with Gasteiger partial charge in [-0.15, -0.1) is 5.10 Å². The Balaban J connectivity index is 1.60. The lowest BCUT2D eigenvalue weighted by Crippen LogP contribution is -2.30. The number of carbonyl (C=O) groups is 1. The van der Waals surface area contributed by atoms with Crippen molar-refractivity contribution in [2.45, 2.75) is 0 Å². The fourth-order valence-electron chi connectivity index (χ4n) is 2.70. The molecular weight excluding hydrogens is 360 g/mol. The lowest BCUT2D eigenvalue weighted by atomic mass is 10.2. The van der Waals surface area contributed by atoms with E-state index in [1.54, 1.807) is 24.3 Å². The highest BCUT2D eigenvalue weighted by molar-refractivity contribution is 5.97. The van der Waals surface area contributed by atoms with Gasteiger partial charge in [0.25, 0.3) is 5.91 Å². The monoisotopic (exact) mass is 376 g/mol. The van der Waals surface area contributed by atoms with E-state index in [0.717, 1.165) is 5.52 Å². The highest BCUT2D eigenvalue weighted by atomic mass is 16.5. The Bertz CT molecular complexity index is 1160. The van der Waals surface area contributed by atoms with Crippen LogP contribution in [0.4, 0.5) is 11.5 Å². The lowest BCUT2D eigenvalue weighted by molar-refractivity contribution is 0.0959. The molecule has 0 aliphatic carbocycles. The number of amides is 1. The van der Waals surface area contributed by atoms with Crippen molar-refractivity contribution in [3.05, 3.63) is 60.4 Å². The van der Waals surface area contributed by atoms with Gasteiger partial charge in [-0.2, -0.15) is 4.68 Å². The van der Waals surface area contributed by atoms with Gasteiger partial charge in [0.1, 0.15) is 23.3 Å². The molecule has 0 bridgehead atoms. The number of nitrogen functional groups attached to an aromatic ring is 1. The van der Waals surface area contributed by atoms with Gasteiger partial charge >= 0.3 is 0 Å². The van der Waals surface area contributed by atoms with Gasteiger partial charge in [0.15, 0.2) is 11.6 Å². The van der Waals surface area contributed by atoms with Crippen molar-refractivity contribution in [3.8, 4) is 11.6 Å². The largest absolute Gasteiger partial charge is 0.496 e. The summed E-state index contributed by atoms with van der Waals surface area (Å²) in [6.45, 7) is 0. The first kappa shape index (κ1) is 17.2. The predicted octanol–water partition coefficient (Wildman–Crippen LogP) is 1.56. The number of hydrogen-bond acceptors (Lipinski definition) is 8. The lowest BCUT2D eigenvalue weighted by Gasteiger charge is -2.13. The minimum atomic E-state index is -0.400. The van der Waals surface area contributed by atoms with Crippen LogP contribution in [0.1, 0.15) is 10.4 Å². The van der Waals surface area contributed by atoms with Crippen molar-refractivity contribution in [2.75, 3.05) is 18.3 Å². The number of nitrogens with zero attached hydrogens (tertiary/aromatic N) is 5. The van der Waals surface area contributed by atoms with Crippen LogP contribution in [-0.2, 0) is 0 Å². The molecule has 2 heterocycles. The molecule has 2 aromatic carbocycles. The molecule has 10 nitrogen and oxygen atoms in total. The Labute approximate surface area is 159 Å². The van der Waals surface area contributed by atoms with E-state index in [1.807, 2.05) is 24.3 Å². The molecule has 0 unspecified atom stereocenters. The predicted molar refractivity (Wildman–Crippen MR) is 103 cm³/mol. The summed E-state index contributed by atoms with van der Waals surface area (Å²) < 4.78 is 6.71. The highest BCUT2D eigenvalue weighted by Gasteiger charge is 2.16. The number of methoxy groups -OCH3 is 1. The van der Waals surface area contributed by atoms with Gasteiger partial charge < -0.3 is 10.5 Å². The number of nitrogens with two attached hydrogens (primary N) is 1.